The van der Waals surface area contributed by atoms with Crippen LogP contribution in [0.2, 0.25) is 0 Å². The Morgan fingerprint density at radius 2 is 1.45 bits per heavy atom. The lowest BCUT2D eigenvalue weighted by atomic mass is 9.96. The van der Waals surface area contributed by atoms with Crippen molar-refractivity contribution < 1.29 is 81.7 Å². The Morgan fingerprint density at radius 1 is 0.804 bits per heavy atom. The molecule has 18 heteroatoms. The number of hydrogen-bond acceptors (Lipinski definition) is 18. The second-order valence-corrected chi connectivity index (χ2v) is 12.3. The van der Waals surface area contributed by atoms with Crippen LogP contribution in [0.15, 0.2) is 82.1 Å². The number of allylic oxidation sites excluding steroid dienone is 2. The van der Waals surface area contributed by atoms with Crippen LogP contribution < -0.4 is 24.4 Å². The number of benzene rings is 2. The van der Waals surface area contributed by atoms with E-state index in [0.29, 0.717) is 0 Å². The summed E-state index contributed by atoms with van der Waals surface area (Å²) in [7, 11) is 0. The molecule has 0 saturated carbocycles. The van der Waals surface area contributed by atoms with Gasteiger partial charge in [-0.05, 0) is 48.6 Å². The highest BCUT2D eigenvalue weighted by Gasteiger charge is 2.48. The van der Waals surface area contributed by atoms with Gasteiger partial charge >= 0.3 is 29.8 Å². The molecule has 2 aliphatic rings. The van der Waals surface area contributed by atoms with Crippen molar-refractivity contribution in [3.63, 3.8) is 0 Å². The number of carbonyl (C=O) groups excluding carboxylic acids is 6. The maximum Gasteiger partial charge on any atom is 0.331 e. The molecule has 1 saturated heterocycles. The molecule has 2 aromatic carbocycles. The Balaban J connectivity index is 1.52. The molecular formula is C38H34O18. The SMILES string of the molecule is CC(=O)Oc1ccc(-c2cc(=O)c3c(OC(C)=O)cc(O[C@@H]4O[C@H](CO)[C@@H](O)[C@H](O)[C@H]4OC(=O)C=CC4(OC(C)=O)C=CC(=O)C=C4)cc3o2)cc1OC(C)=O. The number of ketones is 1. The van der Waals surface area contributed by atoms with Crippen molar-refractivity contribution in [1.82, 2.24) is 0 Å². The fraction of sp³-hybridized carbons (Fsp3) is 0.289. The molecule has 0 bridgehead atoms. The summed E-state index contributed by atoms with van der Waals surface area (Å²) in [5.41, 5.74) is -2.39. The lowest BCUT2D eigenvalue weighted by Crippen LogP contribution is -2.61. The van der Waals surface area contributed by atoms with Gasteiger partial charge < -0.3 is 52.9 Å². The van der Waals surface area contributed by atoms with Gasteiger partial charge in [-0.25, -0.2) is 4.79 Å². The van der Waals surface area contributed by atoms with Gasteiger partial charge in [-0.2, -0.15) is 0 Å². The van der Waals surface area contributed by atoms with Crippen molar-refractivity contribution in [3.8, 4) is 34.3 Å². The highest BCUT2D eigenvalue weighted by atomic mass is 16.7. The smallest absolute Gasteiger partial charge is 0.331 e. The molecule has 0 spiro atoms. The van der Waals surface area contributed by atoms with Crippen LogP contribution in [0.4, 0.5) is 0 Å². The molecule has 3 N–H and O–H groups in total. The number of carbonyl (C=O) groups is 6. The van der Waals surface area contributed by atoms with Crippen LogP contribution in [0.1, 0.15) is 27.7 Å². The van der Waals surface area contributed by atoms with Crippen LogP contribution in [0.3, 0.4) is 0 Å². The monoisotopic (exact) mass is 778 g/mol. The van der Waals surface area contributed by atoms with Crippen molar-refractivity contribution >= 4 is 46.6 Å². The molecule has 18 nitrogen and oxygen atoms in total. The Kier molecular flexibility index (Phi) is 12.3. The zero-order valence-corrected chi connectivity index (χ0v) is 30.0. The van der Waals surface area contributed by atoms with Gasteiger partial charge in [-0.3, -0.25) is 28.8 Å². The largest absolute Gasteiger partial charge is 0.460 e. The minimum Gasteiger partial charge on any atom is -0.460 e. The molecule has 1 aliphatic heterocycles. The van der Waals surface area contributed by atoms with E-state index >= 15 is 0 Å². The van der Waals surface area contributed by atoms with E-state index in [9.17, 15) is 48.9 Å². The van der Waals surface area contributed by atoms with Gasteiger partial charge in [0.15, 0.2) is 34.4 Å². The predicted octanol–water partition coefficient (Wildman–Crippen LogP) is 1.52. The first-order valence-corrected chi connectivity index (χ1v) is 16.6. The summed E-state index contributed by atoms with van der Waals surface area (Å²) in [4.78, 5) is 85.4. The predicted molar refractivity (Wildman–Crippen MR) is 187 cm³/mol. The van der Waals surface area contributed by atoms with Gasteiger partial charge in [0.2, 0.25) is 6.29 Å². The third-order valence-electron chi connectivity index (χ3n) is 7.90. The summed E-state index contributed by atoms with van der Waals surface area (Å²) < 4.78 is 43.8. The van der Waals surface area contributed by atoms with Gasteiger partial charge in [0.1, 0.15) is 46.5 Å². The fourth-order valence-electron chi connectivity index (χ4n) is 5.59. The molecule has 56 heavy (non-hydrogen) atoms. The Labute approximate surface area is 316 Å². The number of hydrogen-bond donors (Lipinski definition) is 3. The molecule has 294 valence electrons. The van der Waals surface area contributed by atoms with Crippen molar-refractivity contribution in [2.75, 3.05) is 6.61 Å². The van der Waals surface area contributed by atoms with Gasteiger partial charge in [-0.1, -0.05) is 0 Å². The Hall–Kier alpha value is -6.47. The minimum atomic E-state index is -1.92. The van der Waals surface area contributed by atoms with Crippen LogP contribution in [-0.4, -0.2) is 93.9 Å². The van der Waals surface area contributed by atoms with Crippen LogP contribution in [0, 0.1) is 0 Å². The lowest BCUT2D eigenvalue weighted by Gasteiger charge is -2.41. The number of fused-ring (bicyclic) bond motifs is 1. The van der Waals surface area contributed by atoms with E-state index in [-0.39, 0.29) is 45.3 Å². The molecule has 5 atom stereocenters. The number of esters is 5. The van der Waals surface area contributed by atoms with E-state index in [1.807, 2.05) is 0 Å². The van der Waals surface area contributed by atoms with E-state index in [2.05, 4.69) is 0 Å². The molecule has 0 radical (unpaired) electrons. The Morgan fingerprint density at radius 3 is 2.07 bits per heavy atom. The molecule has 1 fully saturated rings. The number of aliphatic hydroxyl groups excluding tert-OH is 3. The van der Waals surface area contributed by atoms with Gasteiger partial charge in [0.25, 0.3) is 0 Å². The average Bonchev–Trinajstić information content (AvgIpc) is 3.11. The summed E-state index contributed by atoms with van der Waals surface area (Å²) in [5.74, 6) is -5.54. The van der Waals surface area contributed by atoms with E-state index in [0.717, 1.165) is 64.1 Å². The maximum absolute atomic E-state index is 13.5. The van der Waals surface area contributed by atoms with Crippen molar-refractivity contribution in [2.24, 2.45) is 0 Å². The van der Waals surface area contributed by atoms with Crippen molar-refractivity contribution in [3.05, 3.63) is 83.1 Å². The fourth-order valence-corrected chi connectivity index (χ4v) is 5.59. The molecule has 0 unspecified atom stereocenters. The van der Waals surface area contributed by atoms with E-state index < -0.39 is 84.0 Å². The van der Waals surface area contributed by atoms with Crippen LogP contribution >= 0.6 is 0 Å². The molecule has 2 heterocycles. The summed E-state index contributed by atoms with van der Waals surface area (Å²) in [6, 6.07) is 7.32. The molecule has 3 aromatic rings. The van der Waals surface area contributed by atoms with Gasteiger partial charge in [-0.15, -0.1) is 0 Å². The average molecular weight is 779 g/mol. The zero-order valence-electron chi connectivity index (χ0n) is 30.0. The molecule has 1 aromatic heterocycles. The maximum atomic E-state index is 13.5. The van der Waals surface area contributed by atoms with Crippen molar-refractivity contribution in [2.45, 2.75) is 64.0 Å². The normalized spacial score (nSPS) is 21.3. The third-order valence-corrected chi connectivity index (χ3v) is 7.90. The second-order valence-electron chi connectivity index (χ2n) is 12.3. The second kappa shape index (κ2) is 16.9. The van der Waals surface area contributed by atoms with Crippen LogP contribution in [0.25, 0.3) is 22.3 Å². The first-order valence-electron chi connectivity index (χ1n) is 16.6. The highest BCUT2D eigenvalue weighted by Crippen LogP contribution is 2.37. The summed E-state index contributed by atoms with van der Waals surface area (Å²) >= 11 is 0. The van der Waals surface area contributed by atoms with Crippen LogP contribution in [-0.2, 0) is 43.0 Å². The molecule has 1 aliphatic carbocycles. The van der Waals surface area contributed by atoms with Crippen molar-refractivity contribution in [1.29, 1.82) is 0 Å². The quantitative estimate of drug-likeness (QED) is 0.142. The standard InChI is InChI=1S/C38H34O18/c1-18(40)49-26-6-5-22(13-28(26)50-19(2)41)27-16-25(45)33-29(51-20(3)42)14-24(15-30(33)53-27)52-37-36(35(48)34(47)31(17-39)54-37)55-32(46)9-12-38(56-21(4)43)10-7-23(44)8-11-38/h5-16,31,34-37,39,47-48H,17H2,1-4H3/t31-,34-,35+,36-,37-/m1/s1. The number of ether oxygens (including phenoxy) is 7. The molecular weight excluding hydrogens is 744 g/mol. The Bertz CT molecular complexity index is 2210. The number of rotatable bonds is 11. The van der Waals surface area contributed by atoms with Crippen LogP contribution in [0.5, 0.6) is 23.0 Å². The zero-order chi connectivity index (χ0) is 40.9. The third kappa shape index (κ3) is 9.60. The number of aliphatic hydroxyl groups is 3. The van der Waals surface area contributed by atoms with Gasteiger partial charge in [0.05, 0.1) is 6.61 Å². The molecule has 5 rings (SSSR count). The van der Waals surface area contributed by atoms with Gasteiger partial charge in [0, 0.05) is 57.5 Å². The van der Waals surface area contributed by atoms with E-state index in [1.54, 1.807) is 0 Å². The summed E-state index contributed by atoms with van der Waals surface area (Å²) in [6.07, 6.45) is -2.14. The summed E-state index contributed by atoms with van der Waals surface area (Å²) in [5, 5.41) is 31.3. The molecule has 0 amide bonds. The minimum absolute atomic E-state index is 0.0952. The highest BCUT2D eigenvalue weighted by molar-refractivity contribution is 6.01. The lowest BCUT2D eigenvalue weighted by molar-refractivity contribution is -0.281. The van der Waals surface area contributed by atoms with E-state index in [4.69, 9.17) is 37.6 Å². The van der Waals surface area contributed by atoms with E-state index in [1.165, 1.54) is 36.4 Å². The first-order chi connectivity index (χ1) is 26.5. The summed E-state index contributed by atoms with van der Waals surface area (Å²) in [6.45, 7) is 3.62. The first kappa shape index (κ1) is 40.7. The topological polar surface area (TPSA) is 258 Å².